The molecule has 0 radical (unpaired) electrons. The van der Waals surface area contributed by atoms with Gasteiger partial charge in [0.15, 0.2) is 5.69 Å². The van der Waals surface area contributed by atoms with Gasteiger partial charge in [-0.05, 0) is 30.3 Å². The lowest BCUT2D eigenvalue weighted by atomic mass is 10.1. The van der Waals surface area contributed by atoms with E-state index in [9.17, 15) is 9.59 Å². The molecule has 0 spiro atoms. The van der Waals surface area contributed by atoms with E-state index >= 15 is 0 Å². The Balaban J connectivity index is 1.53. The van der Waals surface area contributed by atoms with Gasteiger partial charge in [0.25, 0.3) is 11.5 Å². The maximum absolute atomic E-state index is 12.9. The minimum absolute atomic E-state index is 0.159. The fourth-order valence-electron chi connectivity index (χ4n) is 3.25. The molecule has 1 N–H and O–H groups in total. The molecule has 1 fully saturated rings. The molecule has 0 aliphatic carbocycles. The van der Waals surface area contributed by atoms with Crippen molar-refractivity contribution in [3.63, 3.8) is 0 Å². The second kappa shape index (κ2) is 6.80. The van der Waals surface area contributed by atoms with Crippen molar-refractivity contribution < 1.29 is 4.79 Å². The number of carbonyl (C=O) groups is 1. The minimum atomic E-state index is -0.287. The summed E-state index contributed by atoms with van der Waals surface area (Å²) in [7, 11) is 0. The molecule has 6 nitrogen and oxygen atoms in total. The number of amides is 1. The molecule has 4 rings (SSSR count). The number of nitrogens with one attached hydrogen (secondary N) is 1. The van der Waals surface area contributed by atoms with E-state index in [1.807, 2.05) is 24.3 Å². The van der Waals surface area contributed by atoms with Gasteiger partial charge < -0.3 is 9.80 Å². The number of halogens is 1. The number of rotatable bonds is 2. The Morgan fingerprint density at radius 3 is 2.31 bits per heavy atom. The van der Waals surface area contributed by atoms with Crippen molar-refractivity contribution in [2.24, 2.45) is 0 Å². The first-order valence-electron chi connectivity index (χ1n) is 8.41. The molecule has 3 aromatic rings. The molecule has 0 saturated carbocycles. The average Bonchev–Trinajstić information content (AvgIpc) is 2.69. The van der Waals surface area contributed by atoms with E-state index in [0.29, 0.717) is 34.6 Å². The van der Waals surface area contributed by atoms with Crippen molar-refractivity contribution in [1.82, 2.24) is 15.1 Å². The Morgan fingerprint density at radius 2 is 1.62 bits per heavy atom. The third-order valence-electron chi connectivity index (χ3n) is 4.66. The first-order valence-corrected chi connectivity index (χ1v) is 8.78. The lowest BCUT2D eigenvalue weighted by molar-refractivity contribution is 0.0742. The van der Waals surface area contributed by atoms with Crippen molar-refractivity contribution in [2.75, 3.05) is 31.1 Å². The fraction of sp³-hybridized carbons (Fsp3) is 0.211. The zero-order valence-corrected chi connectivity index (χ0v) is 14.7. The van der Waals surface area contributed by atoms with E-state index in [1.165, 1.54) is 0 Å². The van der Waals surface area contributed by atoms with Gasteiger partial charge in [0.05, 0.1) is 5.39 Å². The van der Waals surface area contributed by atoms with Crippen LogP contribution < -0.4 is 10.5 Å². The zero-order chi connectivity index (χ0) is 18.1. The van der Waals surface area contributed by atoms with Crippen LogP contribution in [-0.2, 0) is 0 Å². The number of fused-ring (bicyclic) bond motifs is 1. The van der Waals surface area contributed by atoms with Crippen LogP contribution >= 0.6 is 11.6 Å². The van der Waals surface area contributed by atoms with Crippen LogP contribution in [-0.4, -0.2) is 47.2 Å². The number of H-pyrrole nitrogens is 1. The molecule has 7 heteroatoms. The van der Waals surface area contributed by atoms with Gasteiger partial charge in [-0.15, -0.1) is 0 Å². The quantitative estimate of drug-likeness (QED) is 0.754. The molecule has 1 saturated heterocycles. The van der Waals surface area contributed by atoms with Crippen molar-refractivity contribution >= 4 is 34.0 Å². The highest BCUT2D eigenvalue weighted by Gasteiger charge is 2.25. The van der Waals surface area contributed by atoms with E-state index in [1.54, 1.807) is 29.2 Å². The second-order valence-electron chi connectivity index (χ2n) is 6.20. The van der Waals surface area contributed by atoms with Crippen LogP contribution in [0.5, 0.6) is 0 Å². The topological polar surface area (TPSA) is 69.3 Å². The highest BCUT2D eigenvalue weighted by atomic mass is 35.5. The normalized spacial score (nSPS) is 14.7. The third kappa shape index (κ3) is 3.04. The number of aromatic amines is 1. The molecule has 2 heterocycles. The van der Waals surface area contributed by atoms with Gasteiger partial charge in [-0.3, -0.25) is 9.59 Å². The summed E-state index contributed by atoms with van der Waals surface area (Å²) in [6, 6.07) is 14.7. The van der Waals surface area contributed by atoms with E-state index in [4.69, 9.17) is 11.6 Å². The lowest BCUT2D eigenvalue weighted by Gasteiger charge is -2.36. The van der Waals surface area contributed by atoms with Crippen molar-refractivity contribution in [1.29, 1.82) is 0 Å². The van der Waals surface area contributed by atoms with Crippen molar-refractivity contribution in [3.8, 4) is 0 Å². The predicted molar refractivity (Wildman–Crippen MR) is 102 cm³/mol. The Bertz CT molecular complexity index is 1010. The fourth-order valence-corrected chi connectivity index (χ4v) is 3.37. The lowest BCUT2D eigenvalue weighted by Crippen LogP contribution is -2.49. The highest BCUT2D eigenvalue weighted by molar-refractivity contribution is 6.30. The molecule has 0 unspecified atom stereocenters. The Hall–Kier alpha value is -2.86. The number of anilines is 1. The van der Waals surface area contributed by atoms with E-state index in [2.05, 4.69) is 15.1 Å². The number of hydrogen-bond donors (Lipinski definition) is 1. The first kappa shape index (κ1) is 16.6. The predicted octanol–water partition coefficient (Wildman–Crippen LogP) is 2.54. The van der Waals surface area contributed by atoms with Crippen LogP contribution in [0.3, 0.4) is 0 Å². The average molecular weight is 369 g/mol. The molecule has 0 bridgehead atoms. The molecule has 1 aliphatic heterocycles. The smallest absolute Gasteiger partial charge is 0.275 e. The van der Waals surface area contributed by atoms with Crippen molar-refractivity contribution in [3.05, 3.63) is 69.6 Å². The van der Waals surface area contributed by atoms with Crippen molar-refractivity contribution in [2.45, 2.75) is 0 Å². The van der Waals surface area contributed by atoms with Crippen LogP contribution in [0, 0.1) is 0 Å². The second-order valence-corrected chi connectivity index (χ2v) is 6.64. The number of aromatic nitrogens is 2. The minimum Gasteiger partial charge on any atom is -0.368 e. The summed E-state index contributed by atoms with van der Waals surface area (Å²) in [5.74, 6) is -0.159. The molecule has 132 valence electrons. The summed E-state index contributed by atoms with van der Waals surface area (Å²) in [6.45, 7) is 2.65. The van der Waals surface area contributed by atoms with Gasteiger partial charge in [0, 0.05) is 42.3 Å². The summed E-state index contributed by atoms with van der Waals surface area (Å²) in [4.78, 5) is 28.8. The Morgan fingerprint density at radius 1 is 0.962 bits per heavy atom. The molecule has 1 aliphatic rings. The molecular formula is C19H17ClN4O2. The summed E-state index contributed by atoms with van der Waals surface area (Å²) in [5, 5.41) is 8.21. The van der Waals surface area contributed by atoms with Gasteiger partial charge in [-0.25, -0.2) is 5.10 Å². The van der Waals surface area contributed by atoms with Gasteiger partial charge >= 0.3 is 0 Å². The maximum atomic E-state index is 12.9. The molecule has 26 heavy (non-hydrogen) atoms. The van der Waals surface area contributed by atoms with Gasteiger partial charge in [-0.2, -0.15) is 5.10 Å². The maximum Gasteiger partial charge on any atom is 0.275 e. The zero-order valence-electron chi connectivity index (χ0n) is 14.0. The van der Waals surface area contributed by atoms with Gasteiger partial charge in [0.1, 0.15) is 0 Å². The number of benzene rings is 2. The summed E-state index contributed by atoms with van der Waals surface area (Å²) in [6.07, 6.45) is 0. The van der Waals surface area contributed by atoms with E-state index in [-0.39, 0.29) is 11.5 Å². The molecule has 0 atom stereocenters. The van der Waals surface area contributed by atoms with Gasteiger partial charge in [-0.1, -0.05) is 29.8 Å². The molecular weight excluding hydrogens is 352 g/mol. The summed E-state index contributed by atoms with van der Waals surface area (Å²) >= 11 is 5.94. The summed E-state index contributed by atoms with van der Waals surface area (Å²) < 4.78 is 0. The largest absolute Gasteiger partial charge is 0.368 e. The third-order valence-corrected chi connectivity index (χ3v) is 4.91. The number of nitrogens with zero attached hydrogens (tertiary/aromatic N) is 3. The van der Waals surface area contributed by atoms with Crippen LogP contribution in [0.25, 0.3) is 10.8 Å². The molecule has 1 amide bonds. The van der Waals surface area contributed by atoms with Crippen LogP contribution in [0.15, 0.2) is 53.3 Å². The van der Waals surface area contributed by atoms with E-state index in [0.717, 1.165) is 18.8 Å². The highest BCUT2D eigenvalue weighted by Crippen LogP contribution is 2.21. The molecule has 2 aromatic carbocycles. The standard InChI is InChI=1S/C19H17ClN4O2/c20-13-5-7-14(8-6-13)23-9-11-24(12-10-23)19(26)17-15-3-1-2-4-16(15)18(25)22-21-17/h1-8H,9-12H2,(H,22,25). The van der Waals surface area contributed by atoms with E-state index < -0.39 is 0 Å². The first-order chi connectivity index (χ1) is 12.6. The number of piperazine rings is 1. The van der Waals surface area contributed by atoms with Gasteiger partial charge in [0.2, 0.25) is 0 Å². The Labute approximate surface area is 155 Å². The Kier molecular flexibility index (Phi) is 4.34. The molecule has 1 aromatic heterocycles. The number of carbonyl (C=O) groups excluding carboxylic acids is 1. The van der Waals surface area contributed by atoms with Crippen LogP contribution in [0.2, 0.25) is 5.02 Å². The number of hydrogen-bond acceptors (Lipinski definition) is 4. The van der Waals surface area contributed by atoms with Crippen LogP contribution in [0.4, 0.5) is 5.69 Å². The SMILES string of the molecule is O=C(c1n[nH]c(=O)c2ccccc12)N1CCN(c2ccc(Cl)cc2)CC1. The van der Waals surface area contributed by atoms with Crippen LogP contribution in [0.1, 0.15) is 10.5 Å². The summed E-state index contributed by atoms with van der Waals surface area (Å²) in [5.41, 5.74) is 1.10. The monoisotopic (exact) mass is 368 g/mol.